The van der Waals surface area contributed by atoms with Crippen LogP contribution in [0.15, 0.2) is 18.3 Å². The molecule has 1 saturated carbocycles. The van der Waals surface area contributed by atoms with Gasteiger partial charge in [-0.3, -0.25) is 11.3 Å². The summed E-state index contributed by atoms with van der Waals surface area (Å²) in [4.78, 5) is 6.51. The van der Waals surface area contributed by atoms with Gasteiger partial charge in [0.2, 0.25) is 0 Å². The van der Waals surface area contributed by atoms with Crippen LogP contribution in [0.4, 0.5) is 5.82 Å². The molecule has 0 saturated heterocycles. The van der Waals surface area contributed by atoms with E-state index in [2.05, 4.69) is 36.4 Å². The van der Waals surface area contributed by atoms with Gasteiger partial charge >= 0.3 is 0 Å². The van der Waals surface area contributed by atoms with Crippen LogP contribution < -0.4 is 16.2 Å². The van der Waals surface area contributed by atoms with Crippen molar-refractivity contribution in [1.29, 1.82) is 0 Å². The molecule has 4 nitrogen and oxygen atoms in total. The Kier molecular flexibility index (Phi) is 4.66. The Bertz CT molecular complexity index is 415. The average Bonchev–Trinajstić information content (AvgIpc) is 2.42. The summed E-state index contributed by atoms with van der Waals surface area (Å²) in [7, 11) is 4.01. The molecule has 1 atom stereocenters. The fourth-order valence-corrected chi connectivity index (χ4v) is 3.11. The molecule has 0 aromatic carbocycles. The zero-order valence-corrected chi connectivity index (χ0v) is 13.2. The molecule has 0 radical (unpaired) electrons. The highest BCUT2D eigenvalue weighted by Gasteiger charge is 2.31. The van der Waals surface area contributed by atoms with Gasteiger partial charge in [-0.2, -0.15) is 0 Å². The third kappa shape index (κ3) is 3.49. The summed E-state index contributed by atoms with van der Waals surface area (Å²) in [6.45, 7) is 4.73. The first-order valence-electron chi connectivity index (χ1n) is 7.52. The minimum atomic E-state index is 0.217. The zero-order valence-electron chi connectivity index (χ0n) is 13.2. The van der Waals surface area contributed by atoms with Gasteiger partial charge in [0, 0.05) is 20.3 Å². The van der Waals surface area contributed by atoms with Crippen LogP contribution in [-0.2, 0) is 0 Å². The number of hydrogen-bond acceptors (Lipinski definition) is 4. The second kappa shape index (κ2) is 6.10. The average molecular weight is 276 g/mol. The van der Waals surface area contributed by atoms with Crippen molar-refractivity contribution in [2.45, 2.75) is 45.6 Å². The van der Waals surface area contributed by atoms with Crippen LogP contribution in [0.1, 0.15) is 51.1 Å². The van der Waals surface area contributed by atoms with Crippen molar-refractivity contribution in [2.75, 3.05) is 19.0 Å². The van der Waals surface area contributed by atoms with E-state index in [0.717, 1.165) is 5.82 Å². The maximum absolute atomic E-state index is 5.81. The molecule has 1 aliphatic rings. The van der Waals surface area contributed by atoms with Gasteiger partial charge in [0.1, 0.15) is 5.82 Å². The van der Waals surface area contributed by atoms with Crippen LogP contribution in [0.2, 0.25) is 0 Å². The molecule has 1 unspecified atom stereocenters. The molecule has 0 bridgehead atoms. The number of rotatable bonds is 4. The Morgan fingerprint density at radius 1 is 1.30 bits per heavy atom. The lowest BCUT2D eigenvalue weighted by atomic mass is 9.70. The molecule has 1 heterocycles. The molecule has 4 heteroatoms. The van der Waals surface area contributed by atoms with Crippen molar-refractivity contribution in [3.63, 3.8) is 0 Å². The van der Waals surface area contributed by atoms with E-state index in [1.165, 1.54) is 31.2 Å². The summed E-state index contributed by atoms with van der Waals surface area (Å²) in [5.74, 6) is 7.40. The summed E-state index contributed by atoms with van der Waals surface area (Å²) in [5.41, 5.74) is 4.70. The Labute approximate surface area is 122 Å². The summed E-state index contributed by atoms with van der Waals surface area (Å²) in [6, 6.07) is 4.42. The number of aromatic nitrogens is 1. The predicted molar refractivity (Wildman–Crippen MR) is 84.4 cm³/mol. The van der Waals surface area contributed by atoms with Gasteiger partial charge in [0.05, 0.1) is 6.04 Å². The van der Waals surface area contributed by atoms with Gasteiger partial charge in [0.15, 0.2) is 0 Å². The van der Waals surface area contributed by atoms with Crippen LogP contribution in [0, 0.1) is 11.3 Å². The monoisotopic (exact) mass is 276 g/mol. The Hall–Kier alpha value is -1.13. The summed E-state index contributed by atoms with van der Waals surface area (Å²) >= 11 is 0. The van der Waals surface area contributed by atoms with Gasteiger partial charge in [-0.15, -0.1) is 0 Å². The van der Waals surface area contributed by atoms with Gasteiger partial charge in [-0.05, 0) is 48.6 Å². The van der Waals surface area contributed by atoms with E-state index in [1.807, 2.05) is 25.2 Å². The topological polar surface area (TPSA) is 54.2 Å². The third-order valence-electron chi connectivity index (χ3n) is 4.62. The van der Waals surface area contributed by atoms with Gasteiger partial charge in [0.25, 0.3) is 0 Å². The molecule has 0 spiro atoms. The number of nitrogens with one attached hydrogen (secondary N) is 1. The first-order valence-corrected chi connectivity index (χ1v) is 7.52. The van der Waals surface area contributed by atoms with E-state index in [4.69, 9.17) is 5.84 Å². The van der Waals surface area contributed by atoms with Crippen molar-refractivity contribution in [2.24, 2.45) is 17.2 Å². The number of pyridine rings is 1. The molecule has 20 heavy (non-hydrogen) atoms. The van der Waals surface area contributed by atoms with E-state index in [9.17, 15) is 0 Å². The molecular weight excluding hydrogens is 248 g/mol. The molecule has 1 aromatic heterocycles. The standard InChI is InChI=1S/C16H28N4/c1-16(2)9-7-12(8-10-16)15(19-17)13-5-6-14(18-11-13)20(3)4/h5-6,11-12,15,19H,7-10,17H2,1-4H3. The van der Waals surface area contributed by atoms with Gasteiger partial charge in [-0.25, -0.2) is 4.98 Å². The molecule has 112 valence electrons. The second-order valence-corrected chi connectivity index (χ2v) is 6.99. The fraction of sp³-hybridized carbons (Fsp3) is 0.688. The minimum absolute atomic E-state index is 0.217. The van der Waals surface area contributed by atoms with Crippen LogP contribution in [0.3, 0.4) is 0 Å². The molecule has 0 aliphatic heterocycles. The van der Waals surface area contributed by atoms with Crippen LogP contribution in [0.5, 0.6) is 0 Å². The van der Waals surface area contributed by atoms with Crippen molar-refractivity contribution >= 4 is 5.82 Å². The van der Waals surface area contributed by atoms with Gasteiger partial charge < -0.3 is 4.90 Å². The van der Waals surface area contributed by atoms with Crippen LogP contribution >= 0.6 is 0 Å². The molecule has 1 aromatic rings. The minimum Gasteiger partial charge on any atom is -0.363 e. The van der Waals surface area contributed by atoms with Crippen molar-refractivity contribution in [1.82, 2.24) is 10.4 Å². The lowest BCUT2D eigenvalue weighted by Gasteiger charge is -2.37. The van der Waals surface area contributed by atoms with Crippen molar-refractivity contribution < 1.29 is 0 Å². The largest absolute Gasteiger partial charge is 0.363 e. The van der Waals surface area contributed by atoms with Crippen molar-refractivity contribution in [3.05, 3.63) is 23.9 Å². The second-order valence-electron chi connectivity index (χ2n) is 6.99. The quantitative estimate of drug-likeness (QED) is 0.656. The first kappa shape index (κ1) is 15.3. The fourth-order valence-electron chi connectivity index (χ4n) is 3.11. The van der Waals surface area contributed by atoms with E-state index >= 15 is 0 Å². The predicted octanol–water partition coefficient (Wildman–Crippen LogP) is 2.87. The number of nitrogens with two attached hydrogens (primary N) is 1. The highest BCUT2D eigenvalue weighted by molar-refractivity contribution is 5.37. The zero-order chi connectivity index (χ0) is 14.8. The van der Waals surface area contributed by atoms with E-state index < -0.39 is 0 Å². The molecule has 2 rings (SSSR count). The van der Waals surface area contributed by atoms with Gasteiger partial charge in [-0.1, -0.05) is 19.9 Å². The summed E-state index contributed by atoms with van der Waals surface area (Å²) < 4.78 is 0. The van der Waals surface area contributed by atoms with Crippen LogP contribution in [-0.4, -0.2) is 19.1 Å². The normalized spacial score (nSPS) is 20.6. The first-order chi connectivity index (χ1) is 9.43. The Morgan fingerprint density at radius 3 is 2.40 bits per heavy atom. The molecule has 1 aliphatic carbocycles. The number of hydrogen-bond donors (Lipinski definition) is 2. The lowest BCUT2D eigenvalue weighted by Crippen LogP contribution is -2.36. The molecular formula is C16H28N4. The Morgan fingerprint density at radius 2 is 1.95 bits per heavy atom. The van der Waals surface area contributed by atoms with Crippen molar-refractivity contribution in [3.8, 4) is 0 Å². The highest BCUT2D eigenvalue weighted by Crippen LogP contribution is 2.42. The molecule has 1 fully saturated rings. The maximum atomic E-state index is 5.81. The summed E-state index contributed by atoms with van der Waals surface area (Å²) in [5, 5.41) is 0. The van der Waals surface area contributed by atoms with E-state index in [1.54, 1.807) is 0 Å². The lowest BCUT2D eigenvalue weighted by molar-refractivity contribution is 0.161. The number of hydrazine groups is 1. The number of anilines is 1. The SMILES string of the molecule is CN(C)c1ccc(C(NN)C2CCC(C)(C)CC2)cn1. The Balaban J connectivity index is 2.08. The maximum Gasteiger partial charge on any atom is 0.127 e. The molecule has 3 N–H and O–H groups in total. The molecule has 0 amide bonds. The third-order valence-corrected chi connectivity index (χ3v) is 4.62. The smallest absolute Gasteiger partial charge is 0.127 e. The summed E-state index contributed by atoms with van der Waals surface area (Å²) in [6.07, 6.45) is 6.98. The van der Waals surface area contributed by atoms with E-state index in [-0.39, 0.29) is 6.04 Å². The highest BCUT2D eigenvalue weighted by atomic mass is 15.2. The van der Waals surface area contributed by atoms with E-state index in [0.29, 0.717) is 11.3 Å². The number of nitrogens with zero attached hydrogens (tertiary/aromatic N) is 2. The van der Waals surface area contributed by atoms with Crippen LogP contribution in [0.25, 0.3) is 0 Å².